The van der Waals surface area contributed by atoms with Crippen molar-refractivity contribution in [3.05, 3.63) is 0 Å². The van der Waals surface area contributed by atoms with Gasteiger partial charge in [-0.25, -0.2) is 8.42 Å². The second-order valence-electron chi connectivity index (χ2n) is 3.73. The van der Waals surface area contributed by atoms with Crippen LogP contribution in [0.25, 0.3) is 0 Å². The lowest BCUT2D eigenvalue weighted by Crippen LogP contribution is -2.37. The van der Waals surface area contributed by atoms with Crippen LogP contribution in [-0.4, -0.2) is 43.1 Å². The van der Waals surface area contributed by atoms with Gasteiger partial charge in [-0.15, -0.1) is 0 Å². The van der Waals surface area contributed by atoms with E-state index in [0.717, 1.165) is 23.6 Å². The minimum absolute atomic E-state index is 0.0940. The second-order valence-corrected chi connectivity index (χ2v) is 5.85. The summed E-state index contributed by atoms with van der Waals surface area (Å²) in [6, 6.07) is 0. The van der Waals surface area contributed by atoms with Crippen LogP contribution >= 0.6 is 0 Å². The first-order valence-electron chi connectivity index (χ1n) is 4.57. The Bertz CT molecular complexity index is 307. The lowest BCUT2D eigenvalue weighted by Gasteiger charge is -2.26. The fourth-order valence-electron chi connectivity index (χ4n) is 1.37. The fraction of sp³-hybridized carbons (Fsp3) is 0.875. The van der Waals surface area contributed by atoms with E-state index in [4.69, 9.17) is 5.11 Å². The molecule has 0 heterocycles. The second kappa shape index (κ2) is 4.27. The molecule has 0 saturated heterocycles. The first-order valence-corrected chi connectivity index (χ1v) is 6.18. The number of carbonyl (C=O) groups is 1. The third kappa shape index (κ3) is 2.95. The van der Waals surface area contributed by atoms with Crippen LogP contribution < -0.4 is 0 Å². The Morgan fingerprint density at radius 2 is 2.07 bits per heavy atom. The summed E-state index contributed by atoms with van der Waals surface area (Å²) in [7, 11) is -2.06. The Kier molecular flexibility index (Phi) is 3.49. The van der Waals surface area contributed by atoms with Crippen LogP contribution in [0.5, 0.6) is 0 Å². The lowest BCUT2D eigenvalue weighted by molar-refractivity contribution is -0.137. The van der Waals surface area contributed by atoms with E-state index in [-0.39, 0.29) is 11.7 Å². The molecule has 0 bridgehead atoms. The van der Waals surface area contributed by atoms with E-state index in [9.17, 15) is 13.2 Å². The predicted molar refractivity (Wildman–Crippen MR) is 51.4 cm³/mol. The summed E-state index contributed by atoms with van der Waals surface area (Å²) in [5.74, 6) is -0.794. The number of carboxylic acid groups (broad SMARTS) is 1. The van der Waals surface area contributed by atoms with E-state index in [2.05, 4.69) is 0 Å². The van der Waals surface area contributed by atoms with Gasteiger partial charge in [-0.2, -0.15) is 4.31 Å². The first kappa shape index (κ1) is 11.5. The summed E-state index contributed by atoms with van der Waals surface area (Å²) < 4.78 is 24.0. The van der Waals surface area contributed by atoms with Gasteiger partial charge in [-0.05, 0) is 18.8 Å². The van der Waals surface area contributed by atoms with E-state index >= 15 is 0 Å². The number of nitrogens with zero attached hydrogens (tertiary/aromatic N) is 1. The Balaban J connectivity index is 2.50. The molecule has 0 spiro atoms. The number of rotatable bonds is 5. The minimum Gasteiger partial charge on any atom is -0.480 e. The van der Waals surface area contributed by atoms with Gasteiger partial charge in [0.05, 0.1) is 5.75 Å². The van der Waals surface area contributed by atoms with Crippen LogP contribution in [0.4, 0.5) is 0 Å². The molecule has 1 N–H and O–H groups in total. The zero-order valence-electron chi connectivity index (χ0n) is 8.14. The van der Waals surface area contributed by atoms with Crippen molar-refractivity contribution in [1.29, 1.82) is 0 Å². The lowest BCUT2D eigenvalue weighted by atomic mass is 9.87. The number of hydrogen-bond donors (Lipinski definition) is 1. The van der Waals surface area contributed by atoms with Gasteiger partial charge in [-0.1, -0.05) is 6.42 Å². The van der Waals surface area contributed by atoms with Crippen LogP contribution in [0.2, 0.25) is 0 Å². The predicted octanol–water partition coefficient (Wildman–Crippen LogP) is 0.133. The van der Waals surface area contributed by atoms with Gasteiger partial charge in [0.2, 0.25) is 10.0 Å². The van der Waals surface area contributed by atoms with Gasteiger partial charge in [0.15, 0.2) is 0 Å². The zero-order valence-corrected chi connectivity index (χ0v) is 8.96. The van der Waals surface area contributed by atoms with Crippen LogP contribution in [0, 0.1) is 5.92 Å². The van der Waals surface area contributed by atoms with Crippen molar-refractivity contribution < 1.29 is 18.3 Å². The van der Waals surface area contributed by atoms with E-state index in [1.165, 1.54) is 7.05 Å². The van der Waals surface area contributed by atoms with Gasteiger partial charge in [0.25, 0.3) is 0 Å². The van der Waals surface area contributed by atoms with E-state index in [0.29, 0.717) is 0 Å². The number of hydrogen-bond acceptors (Lipinski definition) is 3. The molecule has 5 nitrogen and oxygen atoms in total. The Morgan fingerprint density at radius 3 is 2.43 bits per heavy atom. The topological polar surface area (TPSA) is 74.7 Å². The number of likely N-dealkylation sites (N-methyl/N-ethyl adjacent to an activating group) is 1. The van der Waals surface area contributed by atoms with Crippen molar-refractivity contribution >= 4 is 16.0 Å². The van der Waals surface area contributed by atoms with Crippen molar-refractivity contribution in [1.82, 2.24) is 4.31 Å². The van der Waals surface area contributed by atoms with Crippen LogP contribution in [0.3, 0.4) is 0 Å². The van der Waals surface area contributed by atoms with Crippen LogP contribution in [-0.2, 0) is 14.8 Å². The van der Waals surface area contributed by atoms with Crippen LogP contribution in [0.1, 0.15) is 19.3 Å². The molecule has 1 rings (SSSR count). The Labute approximate surface area is 83.8 Å². The molecule has 0 aliphatic heterocycles. The van der Waals surface area contributed by atoms with Gasteiger partial charge in [-0.3, -0.25) is 4.79 Å². The van der Waals surface area contributed by atoms with E-state index < -0.39 is 22.5 Å². The number of sulfonamides is 1. The summed E-state index contributed by atoms with van der Waals surface area (Å²) in [5.41, 5.74) is 0. The minimum atomic E-state index is -3.36. The highest BCUT2D eigenvalue weighted by molar-refractivity contribution is 7.89. The normalized spacial score (nSPS) is 18.1. The van der Waals surface area contributed by atoms with Crippen molar-refractivity contribution in [2.24, 2.45) is 5.92 Å². The largest absolute Gasteiger partial charge is 0.480 e. The molecule has 0 aromatic rings. The average molecular weight is 221 g/mol. The summed E-state index contributed by atoms with van der Waals surface area (Å²) in [4.78, 5) is 10.3. The molecule has 0 aromatic carbocycles. The third-order valence-corrected chi connectivity index (χ3v) is 4.48. The molecule has 1 aliphatic rings. The van der Waals surface area contributed by atoms with Gasteiger partial charge in [0, 0.05) is 7.05 Å². The molecule has 1 aliphatic carbocycles. The highest BCUT2D eigenvalue weighted by Crippen LogP contribution is 2.28. The molecule has 6 heteroatoms. The SMILES string of the molecule is CN(CC(=O)O)S(=O)(=O)CC1CCC1. The summed E-state index contributed by atoms with van der Waals surface area (Å²) in [6.07, 6.45) is 2.98. The molecule has 0 atom stereocenters. The highest BCUT2D eigenvalue weighted by Gasteiger charge is 2.28. The summed E-state index contributed by atoms with van der Waals surface area (Å²) in [6.45, 7) is -0.449. The Morgan fingerprint density at radius 1 is 1.50 bits per heavy atom. The molecule has 1 fully saturated rings. The zero-order chi connectivity index (χ0) is 10.8. The number of aliphatic carboxylic acids is 1. The van der Waals surface area contributed by atoms with Crippen molar-refractivity contribution in [2.75, 3.05) is 19.3 Å². The van der Waals surface area contributed by atoms with Gasteiger partial charge < -0.3 is 5.11 Å². The third-order valence-electron chi connectivity index (χ3n) is 2.50. The summed E-state index contributed by atoms with van der Waals surface area (Å²) >= 11 is 0. The molecule has 14 heavy (non-hydrogen) atoms. The molecular weight excluding hydrogens is 206 g/mol. The highest BCUT2D eigenvalue weighted by atomic mass is 32.2. The molecule has 0 unspecified atom stereocenters. The van der Waals surface area contributed by atoms with E-state index in [1.807, 2.05) is 0 Å². The average Bonchev–Trinajstić information content (AvgIpc) is 1.96. The number of carboxylic acids is 1. The van der Waals surface area contributed by atoms with Crippen molar-refractivity contribution in [3.63, 3.8) is 0 Å². The van der Waals surface area contributed by atoms with Gasteiger partial charge in [0.1, 0.15) is 6.54 Å². The quantitative estimate of drug-likeness (QED) is 0.716. The van der Waals surface area contributed by atoms with Crippen molar-refractivity contribution in [2.45, 2.75) is 19.3 Å². The summed E-state index contributed by atoms with van der Waals surface area (Å²) in [5, 5.41) is 8.45. The molecular formula is C8H15NO4S. The van der Waals surface area contributed by atoms with Crippen molar-refractivity contribution in [3.8, 4) is 0 Å². The maximum atomic E-state index is 11.5. The van der Waals surface area contributed by atoms with Crippen LogP contribution in [0.15, 0.2) is 0 Å². The molecule has 82 valence electrons. The van der Waals surface area contributed by atoms with Gasteiger partial charge >= 0.3 is 5.97 Å². The maximum Gasteiger partial charge on any atom is 0.318 e. The molecule has 0 radical (unpaired) electrons. The standard InChI is InChI=1S/C8H15NO4S/c1-9(5-8(10)11)14(12,13)6-7-3-2-4-7/h7H,2-6H2,1H3,(H,10,11). The molecule has 0 aromatic heterocycles. The Hall–Kier alpha value is -0.620. The molecule has 0 amide bonds. The monoisotopic (exact) mass is 221 g/mol. The smallest absolute Gasteiger partial charge is 0.318 e. The molecule has 1 saturated carbocycles. The maximum absolute atomic E-state index is 11.5. The fourth-order valence-corrected chi connectivity index (χ4v) is 2.86. The first-order chi connectivity index (χ1) is 6.42. The van der Waals surface area contributed by atoms with E-state index in [1.54, 1.807) is 0 Å².